The Bertz CT molecular complexity index is 1690. The molecule has 206 valence electrons. The largest absolute Gasteiger partial charge is 0.354 e. The van der Waals surface area contributed by atoms with Gasteiger partial charge in [0.2, 0.25) is 5.91 Å². The maximum atomic E-state index is 13.3. The lowest BCUT2D eigenvalue weighted by Crippen LogP contribution is -2.26. The van der Waals surface area contributed by atoms with Crippen molar-refractivity contribution in [2.75, 3.05) is 23.7 Å². The van der Waals surface area contributed by atoms with E-state index >= 15 is 0 Å². The quantitative estimate of drug-likeness (QED) is 0.180. The molecule has 2 N–H and O–H groups in total. The summed E-state index contributed by atoms with van der Waals surface area (Å²) in [6.07, 6.45) is 5.93. The summed E-state index contributed by atoms with van der Waals surface area (Å²) >= 11 is 0. The minimum Gasteiger partial charge on any atom is -0.354 e. The van der Waals surface area contributed by atoms with E-state index in [1.807, 2.05) is 71.2 Å². The Kier molecular flexibility index (Phi) is 6.80. The third-order valence-corrected chi connectivity index (χ3v) is 7.45. The molecule has 4 aromatic rings. The predicted molar refractivity (Wildman–Crippen MR) is 157 cm³/mol. The van der Waals surface area contributed by atoms with Crippen LogP contribution in [0.15, 0.2) is 79.3 Å². The number of nitrogens with one attached hydrogen (secondary N) is 2. The zero-order valence-electron chi connectivity index (χ0n) is 22.5. The molecule has 3 aromatic carbocycles. The number of nitro benzene ring substituents is 1. The Hall–Kier alpha value is -5.25. The molecule has 2 amide bonds. The molecule has 0 radical (unpaired) electrons. The molecule has 0 atom stereocenters. The average Bonchev–Trinajstić information content (AvgIpc) is 3.68. The standard InChI is InChI=1S/C31H28N6O4/c1-35-18-27(32-19-35)21-8-10-23(11-9-21)33-30(29-25-17-24(37(40)41)12-13-26(25)34-31(29)39)22-6-4-20(5-7-22)14-16-36-15-2-3-28(36)38/h4-13,17-19,33H,2-3,14-16H2,1H3,(H,34,39)/b30-29-. The second-order valence-electron chi connectivity index (χ2n) is 10.2. The van der Waals surface area contributed by atoms with Gasteiger partial charge < -0.3 is 20.1 Å². The van der Waals surface area contributed by atoms with Crippen LogP contribution in [0.5, 0.6) is 0 Å². The molecule has 0 unspecified atom stereocenters. The van der Waals surface area contributed by atoms with Crippen LogP contribution in [0.4, 0.5) is 17.1 Å². The molecule has 10 nitrogen and oxygen atoms in total. The van der Waals surface area contributed by atoms with Gasteiger partial charge in [-0.15, -0.1) is 0 Å². The van der Waals surface area contributed by atoms with Crippen molar-refractivity contribution in [3.05, 3.63) is 106 Å². The minimum absolute atomic E-state index is 0.0939. The van der Waals surface area contributed by atoms with Crippen LogP contribution in [0.25, 0.3) is 22.5 Å². The van der Waals surface area contributed by atoms with Crippen LogP contribution in [-0.4, -0.2) is 44.3 Å². The summed E-state index contributed by atoms with van der Waals surface area (Å²) in [5, 5.41) is 17.8. The lowest BCUT2D eigenvalue weighted by Gasteiger charge is -2.17. The molecule has 0 bridgehead atoms. The molecule has 2 aliphatic heterocycles. The van der Waals surface area contributed by atoms with Crippen LogP contribution in [-0.2, 0) is 23.1 Å². The number of carbonyl (C=O) groups is 2. The molecule has 0 saturated carbocycles. The number of aromatic nitrogens is 2. The number of aryl methyl sites for hydroxylation is 1. The topological polar surface area (TPSA) is 122 Å². The molecule has 6 rings (SSSR count). The lowest BCUT2D eigenvalue weighted by molar-refractivity contribution is -0.384. The highest BCUT2D eigenvalue weighted by Crippen LogP contribution is 2.39. The second-order valence-corrected chi connectivity index (χ2v) is 10.2. The van der Waals surface area contributed by atoms with Crippen LogP contribution in [0, 0.1) is 10.1 Å². The predicted octanol–water partition coefficient (Wildman–Crippen LogP) is 5.09. The first-order valence-corrected chi connectivity index (χ1v) is 13.4. The number of likely N-dealkylation sites (tertiary alicyclic amines) is 1. The van der Waals surface area contributed by atoms with E-state index in [9.17, 15) is 19.7 Å². The van der Waals surface area contributed by atoms with Gasteiger partial charge in [0.1, 0.15) is 0 Å². The summed E-state index contributed by atoms with van der Waals surface area (Å²) in [5.41, 5.74) is 6.13. The Labute approximate surface area is 236 Å². The number of non-ortho nitro benzene ring substituents is 1. The fourth-order valence-corrected chi connectivity index (χ4v) is 5.27. The van der Waals surface area contributed by atoms with Crippen molar-refractivity contribution >= 4 is 40.1 Å². The monoisotopic (exact) mass is 548 g/mol. The van der Waals surface area contributed by atoms with E-state index in [0.29, 0.717) is 35.5 Å². The number of amides is 2. The molecule has 3 heterocycles. The molecule has 1 aromatic heterocycles. The molecule has 2 aliphatic rings. The van der Waals surface area contributed by atoms with E-state index in [2.05, 4.69) is 15.6 Å². The van der Waals surface area contributed by atoms with Crippen molar-refractivity contribution in [3.63, 3.8) is 0 Å². The van der Waals surface area contributed by atoms with E-state index in [1.165, 1.54) is 12.1 Å². The van der Waals surface area contributed by atoms with E-state index in [1.54, 1.807) is 12.4 Å². The maximum absolute atomic E-state index is 13.3. The van der Waals surface area contributed by atoms with Gasteiger partial charge in [-0.05, 0) is 42.2 Å². The summed E-state index contributed by atoms with van der Waals surface area (Å²) < 4.78 is 1.88. The second kappa shape index (κ2) is 10.7. The highest BCUT2D eigenvalue weighted by Gasteiger charge is 2.30. The number of imidazole rings is 1. The summed E-state index contributed by atoms with van der Waals surface area (Å²) in [4.78, 5) is 42.6. The number of fused-ring (bicyclic) bond motifs is 1. The van der Waals surface area contributed by atoms with Gasteiger partial charge in [-0.2, -0.15) is 0 Å². The molecule has 10 heteroatoms. The average molecular weight is 549 g/mol. The number of nitro groups is 1. The van der Waals surface area contributed by atoms with E-state index < -0.39 is 4.92 Å². The number of rotatable bonds is 8. The fourth-order valence-electron chi connectivity index (χ4n) is 5.27. The zero-order chi connectivity index (χ0) is 28.5. The van der Waals surface area contributed by atoms with Crippen LogP contribution in [0.2, 0.25) is 0 Å². The SMILES string of the molecule is Cn1cnc(-c2ccc(N/C(=C3\C(=O)Nc4ccc([N+](=O)[O-])cc43)c3ccc(CCN4CCCC4=O)cc3)cc2)c1. The molecule has 1 fully saturated rings. The third-order valence-electron chi connectivity index (χ3n) is 7.45. The maximum Gasteiger partial charge on any atom is 0.270 e. The fraction of sp³-hybridized carbons (Fsp3) is 0.194. The summed E-state index contributed by atoms with van der Waals surface area (Å²) in [6, 6.07) is 19.9. The Morgan fingerprint density at radius 3 is 2.51 bits per heavy atom. The first-order valence-electron chi connectivity index (χ1n) is 13.4. The highest BCUT2D eigenvalue weighted by atomic mass is 16.6. The van der Waals surface area contributed by atoms with Crippen molar-refractivity contribution < 1.29 is 14.5 Å². The van der Waals surface area contributed by atoms with E-state index in [0.717, 1.165) is 47.5 Å². The number of hydrogen-bond acceptors (Lipinski definition) is 6. The van der Waals surface area contributed by atoms with Crippen molar-refractivity contribution in [2.45, 2.75) is 19.3 Å². The van der Waals surface area contributed by atoms with Crippen LogP contribution in [0.3, 0.4) is 0 Å². The van der Waals surface area contributed by atoms with Gasteiger partial charge in [0.15, 0.2) is 0 Å². The first-order chi connectivity index (χ1) is 19.9. The van der Waals surface area contributed by atoms with Gasteiger partial charge in [0.05, 0.1) is 28.2 Å². The zero-order valence-corrected chi connectivity index (χ0v) is 22.5. The molecular formula is C31H28N6O4. The van der Waals surface area contributed by atoms with Gasteiger partial charge in [-0.1, -0.05) is 36.4 Å². The van der Waals surface area contributed by atoms with Crippen molar-refractivity contribution in [1.29, 1.82) is 0 Å². The molecule has 41 heavy (non-hydrogen) atoms. The molecule has 1 saturated heterocycles. The number of benzene rings is 3. The third kappa shape index (κ3) is 5.31. The lowest BCUT2D eigenvalue weighted by atomic mass is 9.98. The van der Waals surface area contributed by atoms with E-state index in [4.69, 9.17) is 0 Å². The normalized spacial score (nSPS) is 15.6. The Morgan fingerprint density at radius 2 is 1.85 bits per heavy atom. The van der Waals surface area contributed by atoms with Gasteiger partial charge in [-0.3, -0.25) is 19.7 Å². The van der Waals surface area contributed by atoms with E-state index in [-0.39, 0.29) is 17.5 Å². The summed E-state index contributed by atoms with van der Waals surface area (Å²) in [5.74, 6) is -0.142. The van der Waals surface area contributed by atoms with Gasteiger partial charge in [0, 0.05) is 67.4 Å². The van der Waals surface area contributed by atoms with Crippen LogP contribution in [0.1, 0.15) is 29.5 Å². The number of carbonyl (C=O) groups excluding carboxylic acids is 2. The van der Waals surface area contributed by atoms with Crippen molar-refractivity contribution in [1.82, 2.24) is 14.5 Å². The van der Waals surface area contributed by atoms with Gasteiger partial charge in [-0.25, -0.2) is 4.98 Å². The van der Waals surface area contributed by atoms with Crippen molar-refractivity contribution in [3.8, 4) is 11.3 Å². The van der Waals surface area contributed by atoms with Crippen molar-refractivity contribution in [2.24, 2.45) is 7.05 Å². The minimum atomic E-state index is -0.468. The van der Waals surface area contributed by atoms with Gasteiger partial charge >= 0.3 is 0 Å². The Morgan fingerprint density at radius 1 is 1.07 bits per heavy atom. The summed E-state index contributed by atoms with van der Waals surface area (Å²) in [7, 11) is 1.91. The van der Waals surface area contributed by atoms with Gasteiger partial charge in [0.25, 0.3) is 11.6 Å². The molecule has 0 spiro atoms. The Balaban J connectivity index is 1.36. The summed E-state index contributed by atoms with van der Waals surface area (Å²) in [6.45, 7) is 1.48. The highest BCUT2D eigenvalue weighted by molar-refractivity contribution is 6.37. The molecular weight excluding hydrogens is 520 g/mol. The van der Waals surface area contributed by atoms with Crippen LogP contribution < -0.4 is 10.6 Å². The number of hydrogen-bond donors (Lipinski definition) is 2. The smallest absolute Gasteiger partial charge is 0.270 e. The number of nitrogens with zero attached hydrogens (tertiary/aromatic N) is 4. The molecule has 0 aliphatic carbocycles. The van der Waals surface area contributed by atoms with Crippen LogP contribution >= 0.6 is 0 Å². The first kappa shape index (κ1) is 26.0. The number of anilines is 2.